The molecule has 0 aliphatic rings. The normalized spacial score (nSPS) is 10.4. The Balaban J connectivity index is 2.34. The van der Waals surface area contributed by atoms with E-state index in [2.05, 4.69) is 6.92 Å². The zero-order valence-electron chi connectivity index (χ0n) is 13.7. The first-order valence-corrected chi connectivity index (χ1v) is 8.12. The molecule has 2 aromatic carbocycles. The van der Waals surface area contributed by atoms with Gasteiger partial charge in [-0.15, -0.1) is 0 Å². The van der Waals surface area contributed by atoms with E-state index in [9.17, 15) is 4.79 Å². The van der Waals surface area contributed by atoms with Crippen molar-refractivity contribution in [1.82, 2.24) is 0 Å². The summed E-state index contributed by atoms with van der Waals surface area (Å²) in [5, 5.41) is 0.563. The van der Waals surface area contributed by atoms with Crippen molar-refractivity contribution < 1.29 is 14.3 Å². The van der Waals surface area contributed by atoms with Crippen molar-refractivity contribution in [2.75, 3.05) is 6.61 Å². The summed E-state index contributed by atoms with van der Waals surface area (Å²) in [6.07, 6.45) is 1.95. The third-order valence-corrected chi connectivity index (χ3v) is 4.14. The molecule has 4 heteroatoms. The average Bonchev–Trinajstić information content (AvgIpc) is 2.54. The van der Waals surface area contributed by atoms with E-state index in [1.54, 1.807) is 18.2 Å². The van der Waals surface area contributed by atoms with Crippen LogP contribution in [-0.4, -0.2) is 12.6 Å². The van der Waals surface area contributed by atoms with Gasteiger partial charge in [-0.3, -0.25) is 0 Å². The first kappa shape index (κ1) is 17.4. The third-order valence-electron chi connectivity index (χ3n) is 3.56. The molecule has 0 bridgehead atoms. The maximum absolute atomic E-state index is 12.6. The van der Waals surface area contributed by atoms with E-state index in [0.29, 0.717) is 34.3 Å². The number of carbonyl (C=O) groups excluding carboxylic acids is 1. The Morgan fingerprint density at radius 3 is 2.52 bits per heavy atom. The summed E-state index contributed by atoms with van der Waals surface area (Å²) in [6, 6.07) is 10.8. The summed E-state index contributed by atoms with van der Waals surface area (Å²) in [7, 11) is 0. The minimum Gasteiger partial charge on any atom is -0.493 e. The minimum atomic E-state index is -0.456. The highest BCUT2D eigenvalue weighted by molar-refractivity contribution is 6.32. The van der Waals surface area contributed by atoms with Gasteiger partial charge in [0.25, 0.3) is 0 Å². The zero-order valence-corrected chi connectivity index (χ0v) is 14.4. The molecule has 3 nitrogen and oxygen atoms in total. The van der Waals surface area contributed by atoms with Crippen LogP contribution in [0.15, 0.2) is 36.4 Å². The highest BCUT2D eigenvalue weighted by Crippen LogP contribution is 2.32. The molecule has 0 fully saturated rings. The number of hydrogen-bond donors (Lipinski definition) is 0. The van der Waals surface area contributed by atoms with Gasteiger partial charge >= 0.3 is 5.97 Å². The van der Waals surface area contributed by atoms with Gasteiger partial charge in [-0.1, -0.05) is 43.1 Å². The number of hydrogen-bond acceptors (Lipinski definition) is 3. The van der Waals surface area contributed by atoms with Crippen molar-refractivity contribution in [2.24, 2.45) is 0 Å². The van der Waals surface area contributed by atoms with Gasteiger partial charge in [0, 0.05) is 5.02 Å². The minimum absolute atomic E-state index is 0.389. The number of aryl methyl sites for hydroxylation is 1. The van der Waals surface area contributed by atoms with Gasteiger partial charge in [0.05, 0.1) is 6.61 Å². The molecule has 23 heavy (non-hydrogen) atoms. The fourth-order valence-corrected chi connectivity index (χ4v) is 2.41. The molecule has 0 amide bonds. The van der Waals surface area contributed by atoms with Crippen LogP contribution in [0.3, 0.4) is 0 Å². The Kier molecular flexibility index (Phi) is 6.05. The first-order valence-electron chi connectivity index (χ1n) is 7.74. The van der Waals surface area contributed by atoms with Crippen molar-refractivity contribution in [2.45, 2.75) is 33.6 Å². The molecule has 0 heterocycles. The summed E-state index contributed by atoms with van der Waals surface area (Å²) < 4.78 is 11.2. The number of halogens is 1. The van der Waals surface area contributed by atoms with Gasteiger partial charge < -0.3 is 9.47 Å². The van der Waals surface area contributed by atoms with Gasteiger partial charge in [-0.25, -0.2) is 4.79 Å². The quantitative estimate of drug-likeness (QED) is 0.406. The van der Waals surface area contributed by atoms with E-state index < -0.39 is 5.97 Å². The second kappa shape index (κ2) is 8.02. The fraction of sp³-hybridized carbons (Fsp3) is 0.316. The topological polar surface area (TPSA) is 35.5 Å². The van der Waals surface area contributed by atoms with Gasteiger partial charge in [0.1, 0.15) is 17.1 Å². The van der Waals surface area contributed by atoms with Crippen LogP contribution >= 0.6 is 11.6 Å². The molecule has 0 atom stereocenters. The van der Waals surface area contributed by atoms with E-state index in [0.717, 1.165) is 18.4 Å². The first-order chi connectivity index (χ1) is 11.0. The Morgan fingerprint density at radius 1 is 1.17 bits per heavy atom. The van der Waals surface area contributed by atoms with Gasteiger partial charge in [0.15, 0.2) is 0 Å². The second-order valence-corrected chi connectivity index (χ2v) is 5.79. The smallest absolute Gasteiger partial charge is 0.347 e. The van der Waals surface area contributed by atoms with E-state index in [1.165, 1.54) is 0 Å². The number of carbonyl (C=O) groups is 1. The lowest BCUT2D eigenvalue weighted by Gasteiger charge is -2.16. The molecule has 0 aliphatic carbocycles. The molecule has 0 saturated heterocycles. The van der Waals surface area contributed by atoms with Crippen molar-refractivity contribution >= 4 is 17.6 Å². The predicted octanol–water partition coefficient (Wildman–Crippen LogP) is 5.35. The molecule has 122 valence electrons. The SMILES string of the molecule is CCCCOc1cc(C)c(Cl)c(C)c1C(=O)Oc1ccccc1. The van der Waals surface area contributed by atoms with Gasteiger partial charge in [-0.05, 0) is 49.6 Å². The maximum Gasteiger partial charge on any atom is 0.347 e. The van der Waals surface area contributed by atoms with Crippen molar-refractivity contribution in [1.29, 1.82) is 0 Å². The maximum atomic E-state index is 12.6. The van der Waals surface area contributed by atoms with E-state index in [4.69, 9.17) is 21.1 Å². The Labute approximate surface area is 142 Å². The van der Waals surface area contributed by atoms with Crippen molar-refractivity contribution in [3.63, 3.8) is 0 Å². The number of esters is 1. The highest BCUT2D eigenvalue weighted by Gasteiger charge is 2.21. The average molecular weight is 333 g/mol. The molecule has 0 saturated carbocycles. The summed E-state index contributed by atoms with van der Waals surface area (Å²) in [5.41, 5.74) is 1.95. The molecule has 2 rings (SSSR count). The van der Waals surface area contributed by atoms with Gasteiger partial charge in [0.2, 0.25) is 0 Å². The van der Waals surface area contributed by atoms with Crippen LogP contribution in [0.5, 0.6) is 11.5 Å². The molecule has 0 N–H and O–H groups in total. The second-order valence-electron chi connectivity index (χ2n) is 5.41. The van der Waals surface area contributed by atoms with Crippen LogP contribution in [0.1, 0.15) is 41.3 Å². The monoisotopic (exact) mass is 332 g/mol. The number of rotatable bonds is 6. The van der Waals surface area contributed by atoms with Crippen molar-refractivity contribution in [3.05, 3.63) is 58.1 Å². The van der Waals surface area contributed by atoms with E-state index >= 15 is 0 Å². The zero-order chi connectivity index (χ0) is 16.8. The van der Waals surface area contributed by atoms with Crippen LogP contribution in [0.2, 0.25) is 5.02 Å². The highest BCUT2D eigenvalue weighted by atomic mass is 35.5. The lowest BCUT2D eigenvalue weighted by atomic mass is 10.0. The number of ether oxygens (including phenoxy) is 2. The van der Waals surface area contributed by atoms with Crippen LogP contribution in [0, 0.1) is 13.8 Å². The van der Waals surface area contributed by atoms with Crippen LogP contribution in [-0.2, 0) is 0 Å². The molecule has 2 aromatic rings. The standard InChI is InChI=1S/C19H21ClO3/c1-4-5-11-22-16-12-13(2)18(20)14(3)17(16)19(21)23-15-9-7-6-8-10-15/h6-10,12H,4-5,11H2,1-3H3. The molecule has 0 aromatic heterocycles. The molecule has 0 unspecified atom stereocenters. The summed E-state index contributed by atoms with van der Waals surface area (Å²) >= 11 is 6.30. The van der Waals surface area contributed by atoms with Crippen molar-refractivity contribution in [3.8, 4) is 11.5 Å². The number of benzene rings is 2. The Morgan fingerprint density at radius 2 is 1.87 bits per heavy atom. The molecule has 0 spiro atoms. The fourth-order valence-electron chi connectivity index (χ4n) is 2.26. The Bertz CT molecular complexity index is 681. The molecule has 0 aliphatic heterocycles. The lowest BCUT2D eigenvalue weighted by Crippen LogP contribution is -2.14. The van der Waals surface area contributed by atoms with E-state index in [-0.39, 0.29) is 0 Å². The van der Waals surface area contributed by atoms with Crippen LogP contribution < -0.4 is 9.47 Å². The van der Waals surface area contributed by atoms with Gasteiger partial charge in [-0.2, -0.15) is 0 Å². The van der Waals surface area contributed by atoms with E-state index in [1.807, 2.05) is 32.0 Å². The number of unbranched alkanes of at least 4 members (excludes halogenated alkanes) is 1. The predicted molar refractivity (Wildman–Crippen MR) is 92.7 cm³/mol. The molecular formula is C19H21ClO3. The largest absolute Gasteiger partial charge is 0.493 e. The van der Waals surface area contributed by atoms with Crippen LogP contribution in [0.25, 0.3) is 0 Å². The third kappa shape index (κ3) is 4.26. The molecular weight excluding hydrogens is 312 g/mol. The molecule has 0 radical (unpaired) electrons. The van der Waals surface area contributed by atoms with Crippen LogP contribution in [0.4, 0.5) is 0 Å². The Hall–Kier alpha value is -2.00. The summed E-state index contributed by atoms with van der Waals surface area (Å²) in [4.78, 5) is 12.6. The summed E-state index contributed by atoms with van der Waals surface area (Å²) in [5.74, 6) is 0.564. The number of para-hydroxylation sites is 1. The summed E-state index contributed by atoms with van der Waals surface area (Å²) in [6.45, 7) is 6.35. The lowest BCUT2D eigenvalue weighted by molar-refractivity contribution is 0.0729.